The van der Waals surface area contributed by atoms with Crippen LogP contribution in [0.25, 0.3) is 0 Å². The molecule has 1 rings (SSSR count). The minimum absolute atomic E-state index is 0.187. The molecule has 0 spiro atoms. The fourth-order valence-corrected chi connectivity index (χ4v) is 1.20. The van der Waals surface area contributed by atoms with E-state index in [1.165, 1.54) is 7.11 Å². The summed E-state index contributed by atoms with van der Waals surface area (Å²) < 4.78 is 37.6. The molecule has 1 aliphatic rings. The van der Waals surface area contributed by atoms with E-state index in [2.05, 4.69) is 20.4 Å². The van der Waals surface area contributed by atoms with Gasteiger partial charge < -0.3 is 29.9 Å². The number of hydrogen-bond donors (Lipinski definition) is 4. The molecule has 13 heavy (non-hydrogen) atoms. The molecule has 1 heterocycles. The van der Waals surface area contributed by atoms with Gasteiger partial charge >= 0.3 is 0 Å². The lowest BCUT2D eigenvalue weighted by atomic mass is 9.99. The normalized spacial score (nSPS) is 50.4. The third-order valence-corrected chi connectivity index (χ3v) is 1.99. The summed E-state index contributed by atoms with van der Waals surface area (Å²) in [5.74, 6) is 0. The predicted molar refractivity (Wildman–Crippen MR) is 40.8 cm³/mol. The summed E-state index contributed by atoms with van der Waals surface area (Å²) in [4.78, 5) is 0. The lowest BCUT2D eigenvalue weighted by molar-refractivity contribution is -0.294. The zero-order chi connectivity index (χ0) is 12.8. The first-order valence-electron chi connectivity index (χ1n) is 5.49. The van der Waals surface area contributed by atoms with Crippen molar-refractivity contribution in [3.05, 3.63) is 0 Å². The van der Waals surface area contributed by atoms with Crippen molar-refractivity contribution in [3.8, 4) is 0 Å². The van der Waals surface area contributed by atoms with Crippen LogP contribution in [0.4, 0.5) is 0 Å². The molecule has 6 heteroatoms. The van der Waals surface area contributed by atoms with Gasteiger partial charge in [0.1, 0.15) is 24.4 Å². The van der Waals surface area contributed by atoms with Crippen LogP contribution in [-0.2, 0) is 9.47 Å². The van der Waals surface area contributed by atoms with Crippen molar-refractivity contribution in [1.82, 2.24) is 0 Å². The smallest absolute Gasteiger partial charge is 0.211 e. The molecule has 4 N–H and O–H groups in total. The highest BCUT2D eigenvalue weighted by Gasteiger charge is 2.43. The van der Waals surface area contributed by atoms with Crippen LogP contribution in [0, 0.1) is 0 Å². The third-order valence-electron chi connectivity index (χ3n) is 1.99. The van der Waals surface area contributed by atoms with Crippen LogP contribution in [0.3, 0.4) is 0 Å². The van der Waals surface area contributed by atoms with Crippen LogP contribution < -0.4 is 0 Å². The van der Waals surface area contributed by atoms with Crippen molar-refractivity contribution < 1.29 is 29.9 Å². The summed E-state index contributed by atoms with van der Waals surface area (Å²) in [5.41, 5.74) is 0. The van der Waals surface area contributed by atoms with E-state index in [-0.39, 0.29) is 6.61 Å². The van der Waals surface area contributed by atoms with Crippen LogP contribution in [0.1, 0.15) is 0 Å². The number of aliphatic hydroxyl groups excluding tert-OH is 4. The summed E-state index contributed by atoms with van der Waals surface area (Å²) in [5, 5.41) is 17.3. The first-order valence-corrected chi connectivity index (χ1v) is 3.85. The van der Waals surface area contributed by atoms with Crippen LogP contribution in [0.5, 0.6) is 0 Å². The summed E-state index contributed by atoms with van der Waals surface area (Å²) in [7, 11) is 1.33. The minimum atomic E-state index is -1.05. The quantitative estimate of drug-likeness (QED) is 0.374. The largest absolute Gasteiger partial charge is 0.394 e. The van der Waals surface area contributed by atoms with Crippen LogP contribution in [-0.4, -0.2) is 70.6 Å². The Kier molecular flexibility index (Phi) is 2.09. The van der Waals surface area contributed by atoms with Crippen molar-refractivity contribution in [1.29, 1.82) is 5.72 Å². The van der Waals surface area contributed by atoms with E-state index < -0.39 is 30.7 Å². The van der Waals surface area contributed by atoms with E-state index in [1.807, 2.05) is 0 Å². The zero-order valence-corrected chi connectivity index (χ0v) is 7.04. The average Bonchev–Trinajstić information content (AvgIpc) is 2.37. The Morgan fingerprint density at radius 2 is 2.08 bits per heavy atom. The molecule has 0 aromatic carbocycles. The molecule has 1 saturated heterocycles. The van der Waals surface area contributed by atoms with E-state index in [1.54, 1.807) is 0 Å². The molecule has 1 fully saturated rings. The van der Waals surface area contributed by atoms with Gasteiger partial charge in [-0.15, -0.1) is 0 Å². The third kappa shape index (κ3) is 1.98. The predicted octanol–water partition coefficient (Wildman–Crippen LogP) is -2.57. The topological polar surface area (TPSA) is 99.4 Å². The van der Waals surface area contributed by atoms with Crippen LogP contribution in [0.15, 0.2) is 0 Å². The molecule has 0 aliphatic carbocycles. The van der Waals surface area contributed by atoms with Gasteiger partial charge in [-0.3, -0.25) is 0 Å². The van der Waals surface area contributed by atoms with Crippen molar-refractivity contribution in [2.24, 2.45) is 0 Å². The lowest BCUT2D eigenvalue weighted by Gasteiger charge is -2.38. The maximum absolute atomic E-state index is 6.93. The number of methoxy groups -OCH3 is 1. The number of ether oxygens (including phenoxy) is 2. The maximum atomic E-state index is 6.93. The Labute approximate surface area is 81.3 Å². The number of rotatable bonds is 6. The van der Waals surface area contributed by atoms with Gasteiger partial charge in [0.05, 0.1) is 6.61 Å². The maximum Gasteiger partial charge on any atom is 0.211 e. The molecule has 6 nitrogen and oxygen atoms in total. The Hall–Kier alpha value is -0.240. The fraction of sp³-hybridized carbons (Fsp3) is 1.00. The van der Waals surface area contributed by atoms with Crippen molar-refractivity contribution in [3.63, 3.8) is 0 Å². The first kappa shape index (κ1) is 6.28. The molecule has 0 aromatic rings. The van der Waals surface area contributed by atoms with Gasteiger partial charge in [-0.05, 0) is 0 Å². The van der Waals surface area contributed by atoms with Gasteiger partial charge in [-0.25, -0.2) is 0 Å². The molecule has 0 radical (unpaired) electrons. The second-order valence-corrected chi connectivity index (χ2v) is 2.84. The Bertz CT molecular complexity index is 223. The highest BCUT2D eigenvalue weighted by atomic mass is 16.7. The van der Waals surface area contributed by atoms with Crippen LogP contribution >= 0.6 is 0 Å². The van der Waals surface area contributed by atoms with Gasteiger partial charge in [-0.1, -0.05) is 0 Å². The van der Waals surface area contributed by atoms with Gasteiger partial charge in [0.2, 0.25) is 5.72 Å². The Morgan fingerprint density at radius 1 is 1.31 bits per heavy atom. The molecule has 1 aliphatic heterocycles. The van der Waals surface area contributed by atoms with Gasteiger partial charge in [0, 0.05) is 7.11 Å². The number of hydrogen-bond acceptors (Lipinski definition) is 6. The standard InChI is InChI=1S/C7H14O6/c1-12-7-6(11)5(10)4(9)3(2-8)13-7/h3-11H,2H2,1H3/t3-,4-,5+,6-,7-/m1/s1/i8D,9D,10D,11D. The molecule has 0 saturated carbocycles. The molecule has 0 amide bonds. The molecule has 78 valence electrons. The van der Waals surface area contributed by atoms with Crippen LogP contribution in [0.2, 0.25) is 0 Å². The van der Waals surface area contributed by atoms with Gasteiger partial charge in [0.15, 0.2) is 6.29 Å². The second-order valence-electron chi connectivity index (χ2n) is 2.84. The fourth-order valence-electron chi connectivity index (χ4n) is 1.20. The summed E-state index contributed by atoms with van der Waals surface area (Å²) in [6, 6.07) is 0. The second kappa shape index (κ2) is 4.32. The van der Waals surface area contributed by atoms with E-state index in [4.69, 9.17) is 15.2 Å². The summed E-state index contributed by atoms with van der Waals surface area (Å²) in [6.45, 7) is -0.187. The Balaban J connectivity index is 2.84. The molecule has 5 atom stereocenters. The molecular weight excluding hydrogens is 180 g/mol. The molecule has 0 bridgehead atoms. The SMILES string of the molecule is [2H]OC[C@H]1O[C@@H](OC)[C@H](O[2H])[C@@H](O[2H])[C@@H]1O[2H]. The summed E-state index contributed by atoms with van der Waals surface area (Å²) in [6.07, 6.45) is -4.88. The van der Waals surface area contributed by atoms with Crippen molar-refractivity contribution in [2.45, 2.75) is 30.7 Å². The first-order chi connectivity index (χ1) is 8.23. The highest BCUT2D eigenvalue weighted by Crippen LogP contribution is 2.20. The van der Waals surface area contributed by atoms with E-state index in [0.29, 0.717) is 0 Å². The van der Waals surface area contributed by atoms with Gasteiger partial charge in [0.25, 0.3) is 0 Å². The average molecular weight is 198 g/mol. The molecule has 0 unspecified atom stereocenters. The Morgan fingerprint density at radius 3 is 2.62 bits per heavy atom. The van der Waals surface area contributed by atoms with E-state index in [0.717, 1.165) is 0 Å². The van der Waals surface area contributed by atoms with E-state index >= 15 is 0 Å². The molecular formula is C7H14O6. The monoisotopic (exact) mass is 198 g/mol. The van der Waals surface area contributed by atoms with E-state index in [9.17, 15) is 0 Å². The number of aliphatic hydroxyl groups is 4. The van der Waals surface area contributed by atoms with Crippen molar-refractivity contribution >= 4 is 0 Å². The zero-order valence-electron chi connectivity index (χ0n) is 11.0. The summed E-state index contributed by atoms with van der Waals surface area (Å²) >= 11 is 0. The van der Waals surface area contributed by atoms with Crippen molar-refractivity contribution in [2.75, 3.05) is 13.7 Å². The van der Waals surface area contributed by atoms with Gasteiger partial charge in [-0.2, -0.15) is 0 Å². The lowest BCUT2D eigenvalue weighted by Crippen LogP contribution is -2.58. The highest BCUT2D eigenvalue weighted by molar-refractivity contribution is 4.88. The minimum Gasteiger partial charge on any atom is -0.394 e. The molecule has 0 aromatic heterocycles.